The highest BCUT2D eigenvalue weighted by atomic mass is 35.5. The van der Waals surface area contributed by atoms with Crippen LogP contribution in [0.25, 0.3) is 0 Å². The molecule has 15 heavy (non-hydrogen) atoms. The molecule has 1 fully saturated rings. The molecule has 5 nitrogen and oxygen atoms in total. The van der Waals surface area contributed by atoms with Crippen molar-refractivity contribution < 1.29 is 13.2 Å². The highest BCUT2D eigenvalue weighted by Gasteiger charge is 2.26. The number of sulfonamides is 1. The number of carbonyl (C=O) groups excluding carboxylic acids is 1. The van der Waals surface area contributed by atoms with Crippen LogP contribution in [0, 0.1) is 0 Å². The van der Waals surface area contributed by atoms with Gasteiger partial charge in [-0.05, 0) is 0 Å². The normalized spacial score (nSPS) is 18.9. The Balaban J connectivity index is 2.57. The van der Waals surface area contributed by atoms with Crippen LogP contribution in [-0.2, 0) is 14.8 Å². The van der Waals surface area contributed by atoms with Crippen LogP contribution in [0.3, 0.4) is 0 Å². The van der Waals surface area contributed by atoms with E-state index in [1.807, 2.05) is 0 Å². The summed E-state index contributed by atoms with van der Waals surface area (Å²) in [5.41, 5.74) is 0. The third-order valence-electron chi connectivity index (χ3n) is 2.23. The summed E-state index contributed by atoms with van der Waals surface area (Å²) in [6.07, 6.45) is 1.16. The number of piperazine rings is 1. The minimum atomic E-state index is -3.16. The Hall–Kier alpha value is -0.590. The summed E-state index contributed by atoms with van der Waals surface area (Å²) in [6, 6.07) is 0. The second kappa shape index (κ2) is 4.51. The first-order chi connectivity index (χ1) is 6.82. The molecule has 1 amide bonds. The van der Waals surface area contributed by atoms with Crippen molar-refractivity contribution in [1.29, 1.82) is 0 Å². The summed E-state index contributed by atoms with van der Waals surface area (Å²) < 4.78 is 23.7. The van der Waals surface area contributed by atoms with Crippen molar-refractivity contribution in [2.75, 3.05) is 32.4 Å². The molecule has 86 valence electrons. The van der Waals surface area contributed by atoms with E-state index in [0.29, 0.717) is 26.2 Å². The minimum Gasteiger partial charge on any atom is -0.335 e. The smallest absolute Gasteiger partial charge is 0.264 e. The van der Waals surface area contributed by atoms with Crippen LogP contribution in [0.4, 0.5) is 0 Å². The summed E-state index contributed by atoms with van der Waals surface area (Å²) in [5, 5.41) is -0.0391. The lowest BCUT2D eigenvalue weighted by molar-refractivity contribution is -0.127. The van der Waals surface area contributed by atoms with Crippen LogP contribution in [0.2, 0.25) is 0 Å². The van der Waals surface area contributed by atoms with E-state index in [1.165, 1.54) is 9.21 Å². The van der Waals surface area contributed by atoms with Crippen molar-refractivity contribution in [2.45, 2.75) is 0 Å². The lowest BCUT2D eigenvalue weighted by Crippen LogP contribution is -2.50. The van der Waals surface area contributed by atoms with Gasteiger partial charge in [0, 0.05) is 26.2 Å². The molecule has 1 saturated heterocycles. The molecule has 0 saturated carbocycles. The van der Waals surface area contributed by atoms with Gasteiger partial charge in [0.25, 0.3) is 5.91 Å². The molecule has 1 heterocycles. The van der Waals surface area contributed by atoms with E-state index in [9.17, 15) is 13.2 Å². The molecule has 0 bridgehead atoms. The SMILES string of the molecule is C=C(Cl)C(=O)N1CCN(S(C)(=O)=O)CC1. The number of hydrogen-bond acceptors (Lipinski definition) is 3. The second-order valence-corrected chi connectivity index (χ2v) is 5.80. The first-order valence-electron chi connectivity index (χ1n) is 4.41. The standard InChI is InChI=1S/C8H13ClN2O3S/c1-7(9)8(12)10-3-5-11(6-4-10)15(2,13)14/h1,3-6H2,2H3. The van der Waals surface area contributed by atoms with E-state index in [-0.39, 0.29) is 10.9 Å². The summed E-state index contributed by atoms with van der Waals surface area (Å²) in [7, 11) is -3.16. The number of halogens is 1. The molecule has 0 spiro atoms. The molecular formula is C8H13ClN2O3S. The van der Waals surface area contributed by atoms with Crippen molar-refractivity contribution in [3.8, 4) is 0 Å². The maximum absolute atomic E-state index is 11.4. The quantitative estimate of drug-likeness (QED) is 0.642. The van der Waals surface area contributed by atoms with E-state index in [1.54, 1.807) is 0 Å². The Morgan fingerprint density at radius 2 is 1.73 bits per heavy atom. The van der Waals surface area contributed by atoms with Crippen molar-refractivity contribution in [2.24, 2.45) is 0 Å². The number of hydrogen-bond donors (Lipinski definition) is 0. The maximum atomic E-state index is 11.4. The fourth-order valence-corrected chi connectivity index (χ4v) is 2.34. The lowest BCUT2D eigenvalue weighted by Gasteiger charge is -2.32. The maximum Gasteiger partial charge on any atom is 0.264 e. The largest absolute Gasteiger partial charge is 0.335 e. The molecule has 0 atom stereocenters. The molecule has 1 rings (SSSR count). The second-order valence-electron chi connectivity index (χ2n) is 3.36. The fraction of sp³-hybridized carbons (Fsp3) is 0.625. The van der Waals surface area contributed by atoms with Crippen molar-refractivity contribution in [3.05, 3.63) is 11.6 Å². The van der Waals surface area contributed by atoms with Gasteiger partial charge in [0.2, 0.25) is 10.0 Å². The third-order valence-corrected chi connectivity index (χ3v) is 3.69. The average molecular weight is 253 g/mol. The van der Waals surface area contributed by atoms with Crippen LogP contribution in [0.1, 0.15) is 0 Å². The van der Waals surface area contributed by atoms with Gasteiger partial charge in [0.05, 0.1) is 11.3 Å². The monoisotopic (exact) mass is 252 g/mol. The zero-order chi connectivity index (χ0) is 11.6. The van der Waals surface area contributed by atoms with Gasteiger partial charge >= 0.3 is 0 Å². The van der Waals surface area contributed by atoms with Gasteiger partial charge in [-0.25, -0.2) is 8.42 Å². The van der Waals surface area contributed by atoms with E-state index >= 15 is 0 Å². The predicted molar refractivity (Wildman–Crippen MR) is 58.0 cm³/mol. The van der Waals surface area contributed by atoms with Gasteiger partial charge in [-0.1, -0.05) is 18.2 Å². The van der Waals surface area contributed by atoms with Crippen molar-refractivity contribution >= 4 is 27.5 Å². The lowest BCUT2D eigenvalue weighted by atomic mass is 10.3. The Kier molecular flexibility index (Phi) is 3.75. The molecular weight excluding hydrogens is 240 g/mol. The molecule has 0 radical (unpaired) electrons. The van der Waals surface area contributed by atoms with E-state index in [0.717, 1.165) is 6.26 Å². The van der Waals surface area contributed by atoms with Crippen molar-refractivity contribution in [3.63, 3.8) is 0 Å². The molecule has 0 aliphatic carbocycles. The van der Waals surface area contributed by atoms with Gasteiger partial charge < -0.3 is 4.90 Å². The summed E-state index contributed by atoms with van der Waals surface area (Å²) >= 11 is 5.47. The predicted octanol–water partition coefficient (Wildman–Crippen LogP) is -0.157. The van der Waals surface area contributed by atoms with E-state index in [4.69, 9.17) is 11.6 Å². The van der Waals surface area contributed by atoms with Crippen LogP contribution < -0.4 is 0 Å². The Labute approximate surface area is 94.3 Å². The van der Waals surface area contributed by atoms with Gasteiger partial charge in [-0.3, -0.25) is 4.79 Å². The first kappa shape index (κ1) is 12.5. The third kappa shape index (κ3) is 3.19. The van der Waals surface area contributed by atoms with Crippen LogP contribution >= 0.6 is 11.6 Å². The number of amides is 1. The highest BCUT2D eigenvalue weighted by Crippen LogP contribution is 2.10. The molecule has 0 unspecified atom stereocenters. The van der Waals surface area contributed by atoms with Gasteiger partial charge in [-0.15, -0.1) is 0 Å². The Morgan fingerprint density at radius 1 is 1.27 bits per heavy atom. The van der Waals surface area contributed by atoms with Gasteiger partial charge in [-0.2, -0.15) is 4.31 Å². The Bertz CT molecular complexity index is 371. The minimum absolute atomic E-state index is 0.0391. The Morgan fingerprint density at radius 3 is 2.07 bits per heavy atom. The topological polar surface area (TPSA) is 57.7 Å². The fourth-order valence-electron chi connectivity index (χ4n) is 1.39. The zero-order valence-corrected chi connectivity index (χ0v) is 10.0. The summed E-state index contributed by atoms with van der Waals surface area (Å²) in [4.78, 5) is 12.9. The van der Waals surface area contributed by atoms with Gasteiger partial charge in [0.1, 0.15) is 0 Å². The molecule has 0 N–H and O–H groups in total. The molecule has 0 aromatic rings. The van der Waals surface area contributed by atoms with Crippen molar-refractivity contribution in [1.82, 2.24) is 9.21 Å². The number of nitrogens with zero attached hydrogens (tertiary/aromatic N) is 2. The molecule has 1 aliphatic heterocycles. The first-order valence-corrected chi connectivity index (χ1v) is 6.64. The molecule has 7 heteroatoms. The van der Waals surface area contributed by atoms with Crippen LogP contribution in [0.5, 0.6) is 0 Å². The van der Waals surface area contributed by atoms with Gasteiger partial charge in [0.15, 0.2) is 0 Å². The van der Waals surface area contributed by atoms with Crippen LogP contribution in [0.15, 0.2) is 11.6 Å². The van der Waals surface area contributed by atoms with E-state index < -0.39 is 10.0 Å². The van der Waals surface area contributed by atoms with E-state index in [2.05, 4.69) is 6.58 Å². The average Bonchev–Trinajstić information content (AvgIpc) is 2.15. The molecule has 0 aromatic carbocycles. The number of rotatable bonds is 2. The molecule has 1 aliphatic rings. The number of carbonyl (C=O) groups is 1. The highest BCUT2D eigenvalue weighted by molar-refractivity contribution is 7.88. The summed E-state index contributed by atoms with van der Waals surface area (Å²) in [6.45, 7) is 4.69. The van der Waals surface area contributed by atoms with Crippen LogP contribution in [-0.4, -0.2) is 56.0 Å². The zero-order valence-electron chi connectivity index (χ0n) is 8.44. The molecule has 0 aromatic heterocycles. The summed E-state index contributed by atoms with van der Waals surface area (Å²) in [5.74, 6) is -0.329.